The van der Waals surface area contributed by atoms with Crippen molar-refractivity contribution >= 4 is 17.5 Å². The van der Waals surface area contributed by atoms with Gasteiger partial charge in [-0.2, -0.15) is 0 Å². The van der Waals surface area contributed by atoms with Crippen molar-refractivity contribution in [2.24, 2.45) is 5.73 Å². The molecule has 3 aromatic rings. The quantitative estimate of drug-likeness (QED) is 0.543. The molecule has 1 aliphatic carbocycles. The summed E-state index contributed by atoms with van der Waals surface area (Å²) < 4.78 is 15.2. The fourth-order valence-electron chi connectivity index (χ4n) is 3.75. The topological polar surface area (TPSA) is 76.3 Å². The Hall–Kier alpha value is -3.80. The summed E-state index contributed by atoms with van der Waals surface area (Å²) in [6, 6.07) is 12.2. The van der Waals surface area contributed by atoms with Gasteiger partial charge in [0.15, 0.2) is 0 Å². The minimum absolute atomic E-state index is 0.186. The van der Waals surface area contributed by atoms with Crippen molar-refractivity contribution in [1.29, 1.82) is 0 Å². The lowest BCUT2D eigenvalue weighted by atomic mass is 9.92. The Morgan fingerprint density at radius 2 is 1.97 bits per heavy atom. The van der Waals surface area contributed by atoms with Gasteiger partial charge >= 0.3 is 0 Å². The third-order valence-electron chi connectivity index (χ3n) is 5.20. The Kier molecular flexibility index (Phi) is 4.47. The van der Waals surface area contributed by atoms with Gasteiger partial charge in [-0.1, -0.05) is 30.8 Å². The summed E-state index contributed by atoms with van der Waals surface area (Å²) >= 11 is 0. The number of hydrogen-bond acceptors (Lipinski definition) is 3. The van der Waals surface area contributed by atoms with Gasteiger partial charge in [-0.05, 0) is 52.9 Å². The van der Waals surface area contributed by atoms with Crippen molar-refractivity contribution < 1.29 is 14.0 Å². The molecule has 2 N–H and O–H groups in total. The van der Waals surface area contributed by atoms with Crippen molar-refractivity contribution in [1.82, 2.24) is 4.98 Å². The smallest absolute Gasteiger partial charge is 0.250 e. The average molecular weight is 387 g/mol. The highest BCUT2D eigenvalue weighted by atomic mass is 19.1. The van der Waals surface area contributed by atoms with E-state index in [-0.39, 0.29) is 11.5 Å². The summed E-state index contributed by atoms with van der Waals surface area (Å²) in [6.45, 7) is 3.47. The minimum atomic E-state index is -0.660. The van der Waals surface area contributed by atoms with Gasteiger partial charge in [0.1, 0.15) is 5.82 Å². The molecule has 1 aromatic heterocycles. The van der Waals surface area contributed by atoms with Crippen LogP contribution in [0.15, 0.2) is 61.3 Å². The molecule has 0 unspecified atom stereocenters. The molecule has 0 bridgehead atoms. The Morgan fingerprint density at radius 3 is 2.62 bits per heavy atom. The maximum Gasteiger partial charge on any atom is 0.250 e. The first kappa shape index (κ1) is 18.6. The number of anilines is 1. The number of primary amides is 1. The SMILES string of the molecule is C=CC(=O)N(C)c1ccc(-c2c(F)cc(C(N)=O)c3c2-c2ccccc2C3)nc1. The first-order valence-corrected chi connectivity index (χ1v) is 9.02. The molecule has 1 heterocycles. The third kappa shape index (κ3) is 2.99. The number of carbonyl (C=O) groups is 2. The highest BCUT2D eigenvalue weighted by Crippen LogP contribution is 2.45. The first-order valence-electron chi connectivity index (χ1n) is 9.02. The van der Waals surface area contributed by atoms with E-state index >= 15 is 4.39 Å². The van der Waals surface area contributed by atoms with Crippen LogP contribution in [0, 0.1) is 5.82 Å². The number of rotatable bonds is 4. The van der Waals surface area contributed by atoms with Crippen LogP contribution in [0.5, 0.6) is 0 Å². The second kappa shape index (κ2) is 6.98. The van der Waals surface area contributed by atoms with Gasteiger partial charge in [0.2, 0.25) is 11.8 Å². The zero-order valence-electron chi connectivity index (χ0n) is 15.8. The summed E-state index contributed by atoms with van der Waals surface area (Å²) in [4.78, 5) is 29.5. The lowest BCUT2D eigenvalue weighted by molar-refractivity contribution is -0.113. The molecule has 0 saturated heterocycles. The molecule has 0 radical (unpaired) electrons. The molecule has 0 spiro atoms. The third-order valence-corrected chi connectivity index (χ3v) is 5.20. The van der Waals surface area contributed by atoms with Crippen LogP contribution < -0.4 is 10.6 Å². The number of nitrogens with two attached hydrogens (primary N) is 1. The summed E-state index contributed by atoms with van der Waals surface area (Å²) in [5.74, 6) is -1.50. The van der Waals surface area contributed by atoms with Crippen LogP contribution in [-0.4, -0.2) is 23.8 Å². The predicted octanol–water partition coefficient (Wildman–Crippen LogP) is 3.71. The van der Waals surface area contributed by atoms with Crippen molar-refractivity contribution in [2.75, 3.05) is 11.9 Å². The van der Waals surface area contributed by atoms with Gasteiger partial charge in [-0.3, -0.25) is 14.6 Å². The summed E-state index contributed by atoms with van der Waals surface area (Å²) in [6.07, 6.45) is 3.22. The number of halogens is 1. The molecule has 0 fully saturated rings. The lowest BCUT2D eigenvalue weighted by Gasteiger charge is -2.17. The highest BCUT2D eigenvalue weighted by Gasteiger charge is 2.29. The van der Waals surface area contributed by atoms with Crippen LogP contribution in [0.1, 0.15) is 21.5 Å². The largest absolute Gasteiger partial charge is 0.366 e. The van der Waals surface area contributed by atoms with Crippen LogP contribution in [0.4, 0.5) is 10.1 Å². The number of hydrogen-bond donors (Lipinski definition) is 1. The molecule has 1 aliphatic rings. The maximum absolute atomic E-state index is 15.2. The van der Waals surface area contributed by atoms with Gasteiger partial charge in [-0.15, -0.1) is 0 Å². The molecule has 0 saturated carbocycles. The van der Waals surface area contributed by atoms with Crippen LogP contribution in [0.2, 0.25) is 0 Å². The summed E-state index contributed by atoms with van der Waals surface area (Å²) in [7, 11) is 1.61. The molecular weight excluding hydrogens is 369 g/mol. The van der Waals surface area contributed by atoms with Gasteiger partial charge < -0.3 is 10.6 Å². The Morgan fingerprint density at radius 1 is 1.21 bits per heavy atom. The second-order valence-corrected chi connectivity index (χ2v) is 6.84. The van der Waals surface area contributed by atoms with E-state index in [0.29, 0.717) is 34.5 Å². The molecule has 5 nitrogen and oxygen atoms in total. The Labute approximate surface area is 167 Å². The number of pyridine rings is 1. The summed E-state index contributed by atoms with van der Waals surface area (Å²) in [5, 5.41) is 0. The fraction of sp³-hybridized carbons (Fsp3) is 0.0870. The number of benzene rings is 2. The van der Waals surface area contributed by atoms with Crippen molar-refractivity contribution in [2.45, 2.75) is 6.42 Å². The van der Waals surface area contributed by atoms with E-state index in [1.54, 1.807) is 19.2 Å². The maximum atomic E-state index is 15.2. The number of nitrogens with zero attached hydrogens (tertiary/aromatic N) is 2. The van der Waals surface area contributed by atoms with Crippen molar-refractivity contribution in [3.8, 4) is 22.4 Å². The predicted molar refractivity (Wildman–Crippen MR) is 110 cm³/mol. The minimum Gasteiger partial charge on any atom is -0.366 e. The molecule has 144 valence electrons. The van der Waals surface area contributed by atoms with E-state index in [0.717, 1.165) is 11.1 Å². The lowest BCUT2D eigenvalue weighted by Crippen LogP contribution is -2.23. The van der Waals surface area contributed by atoms with E-state index in [4.69, 9.17) is 5.73 Å². The van der Waals surface area contributed by atoms with Gasteiger partial charge in [0.05, 0.1) is 17.6 Å². The fourth-order valence-corrected chi connectivity index (χ4v) is 3.75. The van der Waals surface area contributed by atoms with E-state index in [1.807, 2.05) is 24.3 Å². The van der Waals surface area contributed by atoms with Crippen LogP contribution in [0.3, 0.4) is 0 Å². The van der Waals surface area contributed by atoms with E-state index in [1.165, 1.54) is 23.2 Å². The molecule has 4 rings (SSSR count). The van der Waals surface area contributed by atoms with E-state index < -0.39 is 11.7 Å². The molecule has 29 heavy (non-hydrogen) atoms. The highest BCUT2D eigenvalue weighted by molar-refractivity contribution is 6.02. The van der Waals surface area contributed by atoms with E-state index in [2.05, 4.69) is 11.6 Å². The van der Waals surface area contributed by atoms with Crippen LogP contribution in [-0.2, 0) is 11.2 Å². The molecule has 2 amide bonds. The van der Waals surface area contributed by atoms with Crippen molar-refractivity contribution in [3.05, 3.63) is 83.8 Å². The van der Waals surface area contributed by atoms with Crippen molar-refractivity contribution in [3.63, 3.8) is 0 Å². The van der Waals surface area contributed by atoms with Gasteiger partial charge in [0, 0.05) is 18.2 Å². The normalized spacial score (nSPS) is 11.5. The zero-order chi connectivity index (χ0) is 20.7. The average Bonchev–Trinajstić information content (AvgIpc) is 3.11. The monoisotopic (exact) mass is 387 g/mol. The molecule has 0 atom stereocenters. The molecule has 6 heteroatoms. The number of aromatic nitrogens is 1. The molecule has 0 aliphatic heterocycles. The summed E-state index contributed by atoms with van der Waals surface area (Å²) in [5.41, 5.74) is 10.2. The van der Waals surface area contributed by atoms with Gasteiger partial charge in [0.25, 0.3) is 0 Å². The number of likely N-dealkylation sites (N-methyl/N-ethyl adjacent to an activating group) is 1. The Balaban J connectivity index is 1.90. The van der Waals surface area contributed by atoms with Gasteiger partial charge in [-0.25, -0.2) is 4.39 Å². The van der Waals surface area contributed by atoms with Crippen LogP contribution in [0.25, 0.3) is 22.4 Å². The first-order chi connectivity index (χ1) is 13.9. The number of amides is 2. The molecule has 2 aromatic carbocycles. The van der Waals surface area contributed by atoms with E-state index in [9.17, 15) is 9.59 Å². The molecular formula is C23H18FN3O2. The Bertz CT molecular complexity index is 1170. The number of fused-ring (bicyclic) bond motifs is 3. The van der Waals surface area contributed by atoms with Crippen LogP contribution >= 0.6 is 0 Å². The number of carbonyl (C=O) groups excluding carboxylic acids is 2. The second-order valence-electron chi connectivity index (χ2n) is 6.84. The standard InChI is InChI=1S/C23H18FN3O2/c1-3-20(28)27(2)14-8-9-19(26-12-14)22-18(24)11-17(23(25)29)16-10-13-6-4-5-7-15(13)21(16)22/h3-9,11-12H,1,10H2,2H3,(H2,25,29). The zero-order valence-corrected chi connectivity index (χ0v) is 15.8.